The highest BCUT2D eigenvalue weighted by Crippen LogP contribution is 2.20. The van der Waals surface area contributed by atoms with Crippen molar-refractivity contribution in [2.45, 2.75) is 51.4 Å². The second-order valence-corrected chi connectivity index (χ2v) is 5.82. The van der Waals surface area contributed by atoms with E-state index in [1.54, 1.807) is 0 Å². The van der Waals surface area contributed by atoms with E-state index in [1.807, 2.05) is 18.7 Å². The van der Waals surface area contributed by atoms with Gasteiger partial charge in [-0.15, -0.1) is 0 Å². The zero-order valence-electron chi connectivity index (χ0n) is 10.8. The van der Waals surface area contributed by atoms with E-state index in [1.165, 1.54) is 0 Å². The number of hydrogen-bond acceptors (Lipinski definition) is 4. The maximum atomic E-state index is 11.8. The number of carboxylic acid groups (broad SMARTS) is 1. The second kappa shape index (κ2) is 7.63. The molecule has 0 aromatic carbocycles. The van der Waals surface area contributed by atoms with Gasteiger partial charge in [0.25, 0.3) is 0 Å². The lowest BCUT2D eigenvalue weighted by molar-refractivity contribution is -0.151. The number of rotatable bonds is 7. The highest BCUT2D eigenvalue weighted by molar-refractivity contribution is 7.99. The molecule has 3 atom stereocenters. The van der Waals surface area contributed by atoms with E-state index in [0.29, 0.717) is 12.8 Å². The molecule has 0 aliphatic carbocycles. The molecular weight excluding hydrogens is 254 g/mol. The van der Waals surface area contributed by atoms with Crippen LogP contribution in [0.1, 0.15) is 33.1 Å². The molecule has 1 heterocycles. The lowest BCUT2D eigenvalue weighted by Crippen LogP contribution is -2.40. The van der Waals surface area contributed by atoms with Gasteiger partial charge in [0, 0.05) is 6.04 Å². The number of nitrogens with one attached hydrogen (secondary N) is 1. The first-order valence-corrected chi connectivity index (χ1v) is 7.46. The molecule has 1 amide bonds. The van der Waals surface area contributed by atoms with Gasteiger partial charge in [0.1, 0.15) is 6.10 Å². The monoisotopic (exact) mass is 275 g/mol. The van der Waals surface area contributed by atoms with E-state index in [2.05, 4.69) is 12.2 Å². The third kappa shape index (κ3) is 4.86. The van der Waals surface area contributed by atoms with Crippen LogP contribution in [0.3, 0.4) is 0 Å². The molecule has 6 heteroatoms. The van der Waals surface area contributed by atoms with Crippen LogP contribution in [-0.2, 0) is 14.3 Å². The van der Waals surface area contributed by atoms with Gasteiger partial charge < -0.3 is 15.2 Å². The molecule has 0 aromatic heterocycles. The Labute approximate surface area is 112 Å². The summed E-state index contributed by atoms with van der Waals surface area (Å²) < 4.78 is 5.19. The summed E-state index contributed by atoms with van der Waals surface area (Å²) >= 11 is 1.84. The van der Waals surface area contributed by atoms with Crippen molar-refractivity contribution < 1.29 is 19.4 Å². The summed E-state index contributed by atoms with van der Waals surface area (Å²) in [7, 11) is 0. The van der Waals surface area contributed by atoms with Gasteiger partial charge >= 0.3 is 5.97 Å². The quantitative estimate of drug-likeness (QED) is 0.684. The second-order valence-electron chi connectivity index (χ2n) is 4.42. The summed E-state index contributed by atoms with van der Waals surface area (Å²) in [6, 6.07) is 0.101. The first kappa shape index (κ1) is 15.3. The van der Waals surface area contributed by atoms with E-state index in [9.17, 15) is 9.59 Å². The molecule has 2 N–H and O–H groups in total. The van der Waals surface area contributed by atoms with Crippen molar-refractivity contribution in [1.29, 1.82) is 0 Å². The summed E-state index contributed by atoms with van der Waals surface area (Å²) in [6.45, 7) is 4.06. The number of thioether (sulfide) groups is 1. The maximum absolute atomic E-state index is 11.8. The molecule has 1 fully saturated rings. The molecule has 0 radical (unpaired) electrons. The molecular formula is C12H21NO4S. The fraction of sp³-hybridized carbons (Fsp3) is 0.833. The van der Waals surface area contributed by atoms with Crippen LogP contribution in [0.5, 0.6) is 0 Å². The van der Waals surface area contributed by atoms with Crippen LogP contribution in [0.2, 0.25) is 0 Å². The van der Waals surface area contributed by atoms with Gasteiger partial charge in [-0.1, -0.05) is 6.92 Å². The summed E-state index contributed by atoms with van der Waals surface area (Å²) in [5.74, 6) is 0.916. The van der Waals surface area contributed by atoms with Gasteiger partial charge in [0.05, 0.1) is 0 Å². The third-order valence-corrected chi connectivity index (χ3v) is 3.81. The first-order valence-electron chi connectivity index (χ1n) is 6.31. The Hall–Kier alpha value is -0.750. The molecule has 5 nitrogen and oxygen atoms in total. The Balaban J connectivity index is 2.26. The van der Waals surface area contributed by atoms with Crippen molar-refractivity contribution in [2.75, 3.05) is 11.5 Å². The van der Waals surface area contributed by atoms with E-state index < -0.39 is 18.2 Å². The number of aliphatic carboxylic acids is 1. The molecule has 0 bridgehead atoms. The van der Waals surface area contributed by atoms with Crippen LogP contribution in [0.25, 0.3) is 0 Å². The predicted octanol–water partition coefficient (Wildman–Crippen LogP) is 1.27. The summed E-state index contributed by atoms with van der Waals surface area (Å²) in [5.41, 5.74) is 0. The van der Waals surface area contributed by atoms with Gasteiger partial charge in [-0.25, -0.2) is 4.79 Å². The van der Waals surface area contributed by atoms with Crippen LogP contribution in [-0.4, -0.2) is 46.7 Å². The van der Waals surface area contributed by atoms with Crippen LogP contribution in [0.4, 0.5) is 0 Å². The Bertz CT molecular complexity index is 298. The Morgan fingerprint density at radius 1 is 1.44 bits per heavy atom. The van der Waals surface area contributed by atoms with Gasteiger partial charge in [0.2, 0.25) is 5.91 Å². The van der Waals surface area contributed by atoms with E-state index >= 15 is 0 Å². The smallest absolute Gasteiger partial charge is 0.332 e. The number of carbonyl (C=O) groups is 2. The minimum atomic E-state index is -0.988. The van der Waals surface area contributed by atoms with E-state index in [-0.39, 0.29) is 11.9 Å². The van der Waals surface area contributed by atoms with E-state index in [4.69, 9.17) is 9.84 Å². The number of ether oxygens (including phenoxy) is 1. The normalized spacial score (nSPS) is 24.8. The number of carboxylic acids is 1. The summed E-state index contributed by atoms with van der Waals surface area (Å²) in [5, 5.41) is 11.6. The maximum Gasteiger partial charge on any atom is 0.332 e. The van der Waals surface area contributed by atoms with Crippen molar-refractivity contribution in [3.8, 4) is 0 Å². The zero-order valence-corrected chi connectivity index (χ0v) is 11.7. The minimum Gasteiger partial charge on any atom is -0.479 e. The van der Waals surface area contributed by atoms with Crippen LogP contribution >= 0.6 is 11.8 Å². The van der Waals surface area contributed by atoms with Gasteiger partial charge in [-0.2, -0.15) is 11.8 Å². The average molecular weight is 275 g/mol. The minimum absolute atomic E-state index is 0.101. The SMILES string of the molecule is CCSCCC(C)NC(=O)C1CCC(C(=O)O)O1. The standard InChI is InChI=1S/C12H21NO4S/c1-3-18-7-6-8(2)13-11(14)9-4-5-10(17-9)12(15)16/h8-10H,3-7H2,1-2H3,(H,13,14)(H,15,16). The molecule has 1 aliphatic heterocycles. The number of amides is 1. The Morgan fingerprint density at radius 3 is 2.67 bits per heavy atom. The van der Waals surface area contributed by atoms with Crippen LogP contribution in [0.15, 0.2) is 0 Å². The predicted molar refractivity (Wildman–Crippen MR) is 70.8 cm³/mol. The number of carbonyl (C=O) groups excluding carboxylic acids is 1. The molecule has 1 aliphatic rings. The van der Waals surface area contributed by atoms with Crippen LogP contribution < -0.4 is 5.32 Å². The molecule has 1 saturated heterocycles. The van der Waals surface area contributed by atoms with Crippen molar-refractivity contribution in [2.24, 2.45) is 0 Å². The molecule has 0 saturated carbocycles. The lowest BCUT2D eigenvalue weighted by Gasteiger charge is -2.17. The molecule has 104 valence electrons. The topological polar surface area (TPSA) is 75.6 Å². The summed E-state index contributed by atoms with van der Waals surface area (Å²) in [4.78, 5) is 22.5. The van der Waals surface area contributed by atoms with Crippen molar-refractivity contribution in [3.05, 3.63) is 0 Å². The van der Waals surface area contributed by atoms with E-state index in [0.717, 1.165) is 17.9 Å². The van der Waals surface area contributed by atoms with Crippen molar-refractivity contribution in [3.63, 3.8) is 0 Å². The zero-order chi connectivity index (χ0) is 13.5. The molecule has 3 unspecified atom stereocenters. The largest absolute Gasteiger partial charge is 0.479 e. The molecule has 0 aromatic rings. The van der Waals surface area contributed by atoms with Gasteiger partial charge in [-0.3, -0.25) is 4.79 Å². The number of hydrogen-bond donors (Lipinski definition) is 2. The third-order valence-electron chi connectivity index (χ3n) is 2.88. The molecule has 18 heavy (non-hydrogen) atoms. The highest BCUT2D eigenvalue weighted by atomic mass is 32.2. The molecule has 1 rings (SSSR count). The van der Waals surface area contributed by atoms with Crippen LogP contribution in [0, 0.1) is 0 Å². The van der Waals surface area contributed by atoms with Gasteiger partial charge in [0.15, 0.2) is 6.10 Å². The van der Waals surface area contributed by atoms with Crippen molar-refractivity contribution in [1.82, 2.24) is 5.32 Å². The molecule has 0 spiro atoms. The fourth-order valence-electron chi connectivity index (χ4n) is 1.82. The lowest BCUT2D eigenvalue weighted by atomic mass is 10.1. The average Bonchev–Trinajstić information content (AvgIpc) is 2.78. The highest BCUT2D eigenvalue weighted by Gasteiger charge is 2.34. The summed E-state index contributed by atoms with van der Waals surface area (Å²) in [6.07, 6.45) is 0.380. The fourth-order valence-corrected chi connectivity index (χ4v) is 2.63. The first-order chi connectivity index (χ1) is 8.54. The Morgan fingerprint density at radius 2 is 2.11 bits per heavy atom. The van der Waals surface area contributed by atoms with Gasteiger partial charge in [-0.05, 0) is 37.7 Å². The Kier molecular flexibility index (Phi) is 6.49. The van der Waals surface area contributed by atoms with Crippen molar-refractivity contribution >= 4 is 23.6 Å².